The number of hydrogen-bond acceptors (Lipinski definition) is 6. The number of carbonyl (C=O) groups is 1. The Kier molecular flexibility index (Phi) is 4.94. The van der Waals surface area contributed by atoms with Gasteiger partial charge in [-0.1, -0.05) is 12.1 Å². The second-order valence-corrected chi connectivity index (χ2v) is 7.12. The van der Waals surface area contributed by atoms with Gasteiger partial charge in [0.2, 0.25) is 0 Å². The maximum atomic E-state index is 12.8. The van der Waals surface area contributed by atoms with Crippen molar-refractivity contribution in [3.8, 4) is 0 Å². The number of carbonyl (C=O) groups excluding carboxylic acids is 1. The van der Waals surface area contributed by atoms with Gasteiger partial charge < -0.3 is 19.9 Å². The first-order valence-electron chi connectivity index (χ1n) is 8.59. The Bertz CT molecular complexity index is 775. The lowest BCUT2D eigenvalue weighted by atomic mass is 10.1. The Morgan fingerprint density at radius 1 is 1.31 bits per heavy atom. The standard InChI is InChI=1S/C18H21N5O2S/c1-26-16-5-3-2-4-13(16)21-18(24)22-11-14-15(12-22)25-9-8-23(14)17-10-19-6-7-20-17/h2-7,10,14-15H,8-9,11-12H2,1H3,(H,21,24)/t14-,15-/m0/s1. The molecule has 136 valence electrons. The average molecular weight is 371 g/mol. The molecule has 4 rings (SSSR count). The Morgan fingerprint density at radius 3 is 3.00 bits per heavy atom. The molecule has 1 N–H and O–H groups in total. The van der Waals surface area contributed by atoms with E-state index >= 15 is 0 Å². The quantitative estimate of drug-likeness (QED) is 0.835. The minimum atomic E-state index is -0.0939. The number of ether oxygens (including phenoxy) is 1. The monoisotopic (exact) mass is 371 g/mol. The summed E-state index contributed by atoms with van der Waals surface area (Å²) in [5.41, 5.74) is 0.839. The van der Waals surface area contributed by atoms with E-state index in [1.807, 2.05) is 35.4 Å². The lowest BCUT2D eigenvalue weighted by Gasteiger charge is -2.37. The minimum Gasteiger partial charge on any atom is -0.372 e. The van der Waals surface area contributed by atoms with Gasteiger partial charge in [-0.2, -0.15) is 0 Å². The Hall–Kier alpha value is -2.32. The SMILES string of the molecule is CSc1ccccc1NC(=O)N1C[C@@H]2OCCN(c3cnccn3)[C@H]2C1. The highest BCUT2D eigenvalue weighted by Crippen LogP contribution is 2.28. The van der Waals surface area contributed by atoms with E-state index in [2.05, 4.69) is 20.2 Å². The molecule has 2 aromatic rings. The van der Waals surface area contributed by atoms with Crippen molar-refractivity contribution in [2.75, 3.05) is 42.7 Å². The number of thioether (sulfide) groups is 1. The third-order valence-electron chi connectivity index (χ3n) is 4.78. The van der Waals surface area contributed by atoms with Crippen LogP contribution in [0.3, 0.4) is 0 Å². The van der Waals surface area contributed by atoms with E-state index in [1.54, 1.807) is 30.4 Å². The van der Waals surface area contributed by atoms with Crippen LogP contribution < -0.4 is 10.2 Å². The van der Waals surface area contributed by atoms with Crippen LogP contribution in [0.5, 0.6) is 0 Å². The zero-order chi connectivity index (χ0) is 17.9. The predicted octanol–water partition coefficient (Wildman–Crippen LogP) is 2.32. The van der Waals surface area contributed by atoms with Crippen LogP contribution in [0.25, 0.3) is 0 Å². The van der Waals surface area contributed by atoms with Crippen molar-refractivity contribution < 1.29 is 9.53 Å². The van der Waals surface area contributed by atoms with E-state index in [1.165, 1.54) is 0 Å². The first-order valence-corrected chi connectivity index (χ1v) is 9.82. The highest BCUT2D eigenvalue weighted by molar-refractivity contribution is 7.98. The van der Waals surface area contributed by atoms with Gasteiger partial charge in [0.25, 0.3) is 0 Å². The van der Waals surface area contributed by atoms with E-state index in [0.717, 1.165) is 22.9 Å². The second kappa shape index (κ2) is 7.51. The van der Waals surface area contributed by atoms with Crippen molar-refractivity contribution in [1.82, 2.24) is 14.9 Å². The van der Waals surface area contributed by atoms with Crippen molar-refractivity contribution >= 4 is 29.3 Å². The topological polar surface area (TPSA) is 70.6 Å². The van der Waals surface area contributed by atoms with Crippen molar-refractivity contribution in [3.63, 3.8) is 0 Å². The van der Waals surface area contributed by atoms with Crippen LogP contribution in [-0.2, 0) is 4.74 Å². The fraction of sp³-hybridized carbons (Fsp3) is 0.389. The fourth-order valence-electron chi connectivity index (χ4n) is 3.52. The Morgan fingerprint density at radius 2 is 2.19 bits per heavy atom. The van der Waals surface area contributed by atoms with Gasteiger partial charge in [0, 0.05) is 30.4 Å². The van der Waals surface area contributed by atoms with Gasteiger partial charge in [-0.05, 0) is 18.4 Å². The van der Waals surface area contributed by atoms with E-state index < -0.39 is 0 Å². The molecule has 26 heavy (non-hydrogen) atoms. The largest absolute Gasteiger partial charge is 0.372 e. The molecule has 7 nitrogen and oxygen atoms in total. The number of hydrogen-bond donors (Lipinski definition) is 1. The molecule has 2 aliphatic heterocycles. The summed E-state index contributed by atoms with van der Waals surface area (Å²) in [5, 5.41) is 3.03. The molecule has 1 aromatic heterocycles. The molecule has 3 heterocycles. The summed E-state index contributed by atoms with van der Waals surface area (Å²) in [7, 11) is 0. The maximum absolute atomic E-state index is 12.8. The number of urea groups is 1. The number of likely N-dealkylation sites (tertiary alicyclic amines) is 1. The summed E-state index contributed by atoms with van der Waals surface area (Å²) in [5.74, 6) is 0.834. The summed E-state index contributed by atoms with van der Waals surface area (Å²) in [4.78, 5) is 26.4. The molecule has 2 aliphatic rings. The average Bonchev–Trinajstić information content (AvgIpc) is 3.13. The second-order valence-electron chi connectivity index (χ2n) is 6.27. The van der Waals surface area contributed by atoms with Crippen LogP contribution in [-0.4, -0.2) is 65.5 Å². The number of nitrogens with one attached hydrogen (secondary N) is 1. The molecule has 2 amide bonds. The van der Waals surface area contributed by atoms with Gasteiger partial charge in [-0.3, -0.25) is 4.98 Å². The minimum absolute atomic E-state index is 0.00713. The highest BCUT2D eigenvalue weighted by atomic mass is 32.2. The van der Waals surface area contributed by atoms with Crippen LogP contribution in [0.4, 0.5) is 16.3 Å². The van der Waals surface area contributed by atoms with Crippen LogP contribution in [0.1, 0.15) is 0 Å². The van der Waals surface area contributed by atoms with Gasteiger partial charge in [-0.25, -0.2) is 9.78 Å². The zero-order valence-electron chi connectivity index (χ0n) is 14.5. The number of aromatic nitrogens is 2. The van der Waals surface area contributed by atoms with Gasteiger partial charge in [-0.15, -0.1) is 11.8 Å². The molecule has 2 atom stereocenters. The van der Waals surface area contributed by atoms with Crippen LogP contribution in [0.15, 0.2) is 47.8 Å². The van der Waals surface area contributed by atoms with Crippen molar-refractivity contribution in [1.29, 1.82) is 0 Å². The molecule has 0 radical (unpaired) electrons. The Balaban J connectivity index is 1.47. The van der Waals surface area contributed by atoms with Gasteiger partial charge in [0.15, 0.2) is 0 Å². The molecule has 1 aromatic carbocycles. The highest BCUT2D eigenvalue weighted by Gasteiger charge is 2.42. The van der Waals surface area contributed by atoms with E-state index in [4.69, 9.17) is 4.74 Å². The molecular formula is C18H21N5O2S. The summed E-state index contributed by atoms with van der Waals surface area (Å²) >= 11 is 1.62. The van der Waals surface area contributed by atoms with E-state index in [9.17, 15) is 4.79 Å². The first-order chi connectivity index (χ1) is 12.8. The Labute approximate surface area is 156 Å². The molecule has 0 aliphatic carbocycles. The number of amides is 2. The molecule has 2 fully saturated rings. The number of morpholine rings is 1. The number of para-hydroxylation sites is 1. The first kappa shape index (κ1) is 17.1. The molecule has 0 saturated carbocycles. The number of anilines is 2. The molecule has 0 bridgehead atoms. The predicted molar refractivity (Wildman–Crippen MR) is 102 cm³/mol. The number of benzene rings is 1. The fourth-order valence-corrected chi connectivity index (χ4v) is 4.07. The molecule has 8 heteroatoms. The molecular weight excluding hydrogens is 350 g/mol. The number of rotatable bonds is 3. The zero-order valence-corrected chi connectivity index (χ0v) is 15.4. The molecule has 2 saturated heterocycles. The third-order valence-corrected chi connectivity index (χ3v) is 5.58. The van der Waals surface area contributed by atoms with Crippen LogP contribution >= 0.6 is 11.8 Å². The van der Waals surface area contributed by atoms with E-state index in [-0.39, 0.29) is 18.2 Å². The smallest absolute Gasteiger partial charge is 0.322 e. The molecule has 0 unspecified atom stereocenters. The maximum Gasteiger partial charge on any atom is 0.322 e. The molecule has 0 spiro atoms. The summed E-state index contributed by atoms with van der Waals surface area (Å²) in [6, 6.07) is 7.83. The van der Waals surface area contributed by atoms with E-state index in [0.29, 0.717) is 19.7 Å². The summed E-state index contributed by atoms with van der Waals surface area (Å²) < 4.78 is 5.91. The van der Waals surface area contributed by atoms with Gasteiger partial charge >= 0.3 is 6.03 Å². The van der Waals surface area contributed by atoms with Crippen molar-refractivity contribution in [2.24, 2.45) is 0 Å². The normalized spacial score (nSPS) is 22.2. The lowest BCUT2D eigenvalue weighted by Crippen LogP contribution is -2.51. The van der Waals surface area contributed by atoms with Crippen LogP contribution in [0, 0.1) is 0 Å². The van der Waals surface area contributed by atoms with Crippen LogP contribution in [0.2, 0.25) is 0 Å². The van der Waals surface area contributed by atoms with Gasteiger partial charge in [0.05, 0.1) is 37.2 Å². The number of fused-ring (bicyclic) bond motifs is 1. The lowest BCUT2D eigenvalue weighted by molar-refractivity contribution is 0.0319. The summed E-state index contributed by atoms with van der Waals surface area (Å²) in [6.45, 7) is 2.57. The van der Waals surface area contributed by atoms with Gasteiger partial charge in [0.1, 0.15) is 5.82 Å². The van der Waals surface area contributed by atoms with Crippen molar-refractivity contribution in [2.45, 2.75) is 17.0 Å². The van der Waals surface area contributed by atoms with Crippen molar-refractivity contribution in [3.05, 3.63) is 42.9 Å². The summed E-state index contributed by atoms with van der Waals surface area (Å²) in [6.07, 6.45) is 7.12. The third kappa shape index (κ3) is 3.34. The number of nitrogens with zero attached hydrogens (tertiary/aromatic N) is 4.